The summed E-state index contributed by atoms with van der Waals surface area (Å²) in [6, 6.07) is 2.19. The molecule has 0 aliphatic carbocycles. The second-order valence-electron chi connectivity index (χ2n) is 3.57. The topological polar surface area (TPSA) is 12.9 Å². The molecule has 0 atom stereocenters. The van der Waals surface area contributed by atoms with Crippen LogP contribution in [0.4, 0.5) is 0 Å². The van der Waals surface area contributed by atoms with Crippen LogP contribution in [0.5, 0.6) is 0 Å². The second-order valence-corrected chi connectivity index (χ2v) is 4.37. The lowest BCUT2D eigenvalue weighted by Crippen LogP contribution is -2.12. The summed E-state index contributed by atoms with van der Waals surface area (Å²) < 4.78 is 4.27. The summed E-state index contributed by atoms with van der Waals surface area (Å²) in [4.78, 5) is 1.40. The molecule has 0 aliphatic rings. The van der Waals surface area contributed by atoms with E-state index in [1.165, 1.54) is 11.3 Å². The third-order valence-electron chi connectivity index (χ3n) is 2.18. The van der Waals surface area contributed by atoms with Crippen molar-refractivity contribution >= 4 is 11.5 Å². The van der Waals surface area contributed by atoms with Gasteiger partial charge in [-0.05, 0) is 30.9 Å². The standard InChI is InChI=1S/C9H15NS/c1-5-9(3,4)8-6-7(2)10-11-8/h6H,5H2,1-4H3. The zero-order chi connectivity index (χ0) is 8.48. The zero-order valence-corrected chi connectivity index (χ0v) is 8.46. The lowest BCUT2D eigenvalue weighted by Gasteiger charge is -2.19. The van der Waals surface area contributed by atoms with Crippen molar-refractivity contribution in [1.29, 1.82) is 0 Å². The van der Waals surface area contributed by atoms with Crippen LogP contribution in [0.15, 0.2) is 6.07 Å². The molecule has 0 bridgehead atoms. The smallest absolute Gasteiger partial charge is 0.0514 e. The molecule has 1 aromatic heterocycles. The highest BCUT2D eigenvalue weighted by atomic mass is 32.1. The molecule has 0 radical (unpaired) electrons. The molecule has 1 heterocycles. The van der Waals surface area contributed by atoms with Gasteiger partial charge in [0.2, 0.25) is 0 Å². The normalized spacial score (nSPS) is 12.0. The highest BCUT2D eigenvalue weighted by Gasteiger charge is 2.19. The molecule has 0 N–H and O–H groups in total. The van der Waals surface area contributed by atoms with E-state index in [9.17, 15) is 0 Å². The maximum atomic E-state index is 4.27. The fraction of sp³-hybridized carbons (Fsp3) is 0.667. The third-order valence-corrected chi connectivity index (χ3v) is 3.43. The van der Waals surface area contributed by atoms with Crippen LogP contribution in [0.3, 0.4) is 0 Å². The molecule has 0 fully saturated rings. The highest BCUT2D eigenvalue weighted by molar-refractivity contribution is 7.06. The molecule has 1 aromatic rings. The fourth-order valence-electron chi connectivity index (χ4n) is 0.857. The lowest BCUT2D eigenvalue weighted by atomic mass is 9.88. The summed E-state index contributed by atoms with van der Waals surface area (Å²) in [5.74, 6) is 0. The summed E-state index contributed by atoms with van der Waals surface area (Å²) in [7, 11) is 0. The number of aryl methyl sites for hydroxylation is 1. The van der Waals surface area contributed by atoms with Gasteiger partial charge in [0.05, 0.1) is 5.69 Å². The Morgan fingerprint density at radius 2 is 2.18 bits per heavy atom. The van der Waals surface area contributed by atoms with Crippen molar-refractivity contribution in [2.75, 3.05) is 0 Å². The quantitative estimate of drug-likeness (QED) is 0.662. The fourth-order valence-corrected chi connectivity index (χ4v) is 1.77. The molecular weight excluding hydrogens is 154 g/mol. The minimum absolute atomic E-state index is 0.311. The van der Waals surface area contributed by atoms with Crippen LogP contribution < -0.4 is 0 Å². The maximum absolute atomic E-state index is 4.27. The largest absolute Gasteiger partial charge is 0.198 e. The Hall–Kier alpha value is -0.370. The molecule has 2 heteroatoms. The number of aromatic nitrogens is 1. The first-order valence-electron chi connectivity index (χ1n) is 4.00. The summed E-state index contributed by atoms with van der Waals surface area (Å²) >= 11 is 1.63. The van der Waals surface area contributed by atoms with E-state index < -0.39 is 0 Å². The Labute approximate surface area is 72.6 Å². The van der Waals surface area contributed by atoms with Gasteiger partial charge in [-0.1, -0.05) is 20.8 Å². The number of hydrogen-bond acceptors (Lipinski definition) is 2. The molecule has 1 nitrogen and oxygen atoms in total. The molecule has 0 aromatic carbocycles. The maximum Gasteiger partial charge on any atom is 0.0514 e. The molecule has 0 unspecified atom stereocenters. The van der Waals surface area contributed by atoms with Crippen LogP contribution in [0, 0.1) is 6.92 Å². The number of nitrogens with zero attached hydrogens (tertiary/aromatic N) is 1. The van der Waals surface area contributed by atoms with Crippen molar-refractivity contribution in [1.82, 2.24) is 4.37 Å². The van der Waals surface area contributed by atoms with E-state index in [4.69, 9.17) is 0 Å². The molecule has 11 heavy (non-hydrogen) atoms. The molecule has 62 valence electrons. The molecule has 0 saturated carbocycles. The summed E-state index contributed by atoms with van der Waals surface area (Å²) in [6.45, 7) is 8.79. The van der Waals surface area contributed by atoms with Gasteiger partial charge in [0.25, 0.3) is 0 Å². The molecular formula is C9H15NS. The monoisotopic (exact) mass is 169 g/mol. The molecule has 0 saturated heterocycles. The van der Waals surface area contributed by atoms with E-state index in [-0.39, 0.29) is 0 Å². The highest BCUT2D eigenvalue weighted by Crippen LogP contribution is 2.29. The predicted molar refractivity (Wildman–Crippen MR) is 50.2 cm³/mol. The van der Waals surface area contributed by atoms with Gasteiger partial charge in [-0.2, -0.15) is 4.37 Å². The first kappa shape index (κ1) is 8.72. The van der Waals surface area contributed by atoms with Crippen molar-refractivity contribution in [3.05, 3.63) is 16.6 Å². The Morgan fingerprint density at radius 1 is 1.55 bits per heavy atom. The van der Waals surface area contributed by atoms with E-state index in [0.29, 0.717) is 5.41 Å². The van der Waals surface area contributed by atoms with Gasteiger partial charge >= 0.3 is 0 Å². The van der Waals surface area contributed by atoms with Crippen molar-refractivity contribution in [3.63, 3.8) is 0 Å². The molecule has 1 rings (SSSR count). The van der Waals surface area contributed by atoms with E-state index in [2.05, 4.69) is 31.2 Å². The van der Waals surface area contributed by atoms with Crippen molar-refractivity contribution in [2.45, 2.75) is 39.5 Å². The van der Waals surface area contributed by atoms with Crippen LogP contribution >= 0.6 is 11.5 Å². The summed E-state index contributed by atoms with van der Waals surface area (Å²) in [5.41, 5.74) is 1.46. The van der Waals surface area contributed by atoms with Gasteiger partial charge in [0.15, 0.2) is 0 Å². The number of hydrogen-bond donors (Lipinski definition) is 0. The van der Waals surface area contributed by atoms with Gasteiger partial charge in [-0.25, -0.2) is 0 Å². The van der Waals surface area contributed by atoms with E-state index in [0.717, 1.165) is 5.69 Å². The van der Waals surface area contributed by atoms with Gasteiger partial charge in [0, 0.05) is 10.3 Å². The Morgan fingerprint density at radius 3 is 2.55 bits per heavy atom. The first-order valence-corrected chi connectivity index (χ1v) is 4.77. The second kappa shape index (κ2) is 2.94. The van der Waals surface area contributed by atoms with Crippen LogP contribution in [0.2, 0.25) is 0 Å². The van der Waals surface area contributed by atoms with E-state index in [1.54, 1.807) is 11.5 Å². The summed E-state index contributed by atoms with van der Waals surface area (Å²) in [6.07, 6.45) is 1.18. The Balaban J connectivity index is 2.92. The molecule has 0 spiro atoms. The number of rotatable bonds is 2. The van der Waals surface area contributed by atoms with Crippen LogP contribution in [-0.2, 0) is 5.41 Å². The van der Waals surface area contributed by atoms with Gasteiger partial charge in [0.1, 0.15) is 0 Å². The third kappa shape index (κ3) is 1.80. The minimum atomic E-state index is 0.311. The average molecular weight is 169 g/mol. The lowest BCUT2D eigenvalue weighted by molar-refractivity contribution is 0.517. The van der Waals surface area contributed by atoms with Crippen molar-refractivity contribution in [2.24, 2.45) is 0 Å². The van der Waals surface area contributed by atoms with Crippen LogP contribution in [0.25, 0.3) is 0 Å². The van der Waals surface area contributed by atoms with Crippen molar-refractivity contribution in [3.8, 4) is 0 Å². The van der Waals surface area contributed by atoms with Crippen LogP contribution in [0.1, 0.15) is 37.8 Å². The average Bonchev–Trinajstić information content (AvgIpc) is 2.36. The van der Waals surface area contributed by atoms with Crippen LogP contribution in [-0.4, -0.2) is 4.37 Å². The first-order chi connectivity index (χ1) is 5.06. The predicted octanol–water partition coefficient (Wildman–Crippen LogP) is 3.14. The van der Waals surface area contributed by atoms with Crippen molar-refractivity contribution < 1.29 is 0 Å². The molecule has 0 amide bonds. The Bertz CT molecular complexity index is 237. The SMILES string of the molecule is CCC(C)(C)c1cc(C)ns1. The van der Waals surface area contributed by atoms with E-state index in [1.807, 2.05) is 6.92 Å². The molecule has 0 aliphatic heterocycles. The van der Waals surface area contributed by atoms with E-state index >= 15 is 0 Å². The zero-order valence-electron chi connectivity index (χ0n) is 7.64. The van der Waals surface area contributed by atoms with Gasteiger partial charge < -0.3 is 0 Å². The summed E-state index contributed by atoms with van der Waals surface area (Å²) in [5, 5.41) is 0. The Kier molecular flexibility index (Phi) is 2.33. The van der Waals surface area contributed by atoms with Gasteiger partial charge in [-0.15, -0.1) is 0 Å². The minimum Gasteiger partial charge on any atom is -0.198 e. The van der Waals surface area contributed by atoms with Gasteiger partial charge in [-0.3, -0.25) is 0 Å².